The second kappa shape index (κ2) is 10.0. The van der Waals surface area contributed by atoms with Crippen LogP contribution in [0.4, 0.5) is 0 Å². The van der Waals surface area contributed by atoms with Gasteiger partial charge in [-0.15, -0.1) is 0 Å². The monoisotopic (exact) mass is 540 g/mol. The molecular formula is C28H33ClN4O3S. The molecule has 196 valence electrons. The lowest BCUT2D eigenvalue weighted by Crippen LogP contribution is -2.48. The lowest BCUT2D eigenvalue weighted by Gasteiger charge is -2.40. The molecule has 7 nitrogen and oxygen atoms in total. The molecule has 0 saturated carbocycles. The molecule has 0 N–H and O–H groups in total. The van der Waals surface area contributed by atoms with Crippen LogP contribution in [0.2, 0.25) is 5.02 Å². The number of piperidine rings is 1. The number of nitrogens with zero attached hydrogens (tertiary/aromatic N) is 4. The highest BCUT2D eigenvalue weighted by Crippen LogP contribution is 2.29. The Morgan fingerprint density at radius 3 is 2.59 bits per heavy atom. The van der Waals surface area contributed by atoms with Crippen molar-refractivity contribution in [1.29, 1.82) is 0 Å². The molecule has 3 aromatic rings. The van der Waals surface area contributed by atoms with E-state index in [2.05, 4.69) is 9.47 Å². The molecule has 0 atom stereocenters. The third-order valence-corrected chi connectivity index (χ3v) is 10.3. The van der Waals surface area contributed by atoms with Crippen molar-refractivity contribution >= 4 is 38.1 Å². The van der Waals surface area contributed by atoms with Crippen LogP contribution in [-0.4, -0.2) is 65.1 Å². The van der Waals surface area contributed by atoms with E-state index < -0.39 is 9.84 Å². The van der Waals surface area contributed by atoms with Crippen LogP contribution < -0.4 is 0 Å². The molecule has 3 aliphatic heterocycles. The maximum absolute atomic E-state index is 13.0. The van der Waals surface area contributed by atoms with Gasteiger partial charge in [-0.05, 0) is 60.7 Å². The van der Waals surface area contributed by atoms with Crippen LogP contribution in [0.3, 0.4) is 0 Å². The van der Waals surface area contributed by atoms with Gasteiger partial charge in [0.05, 0.1) is 22.0 Å². The summed E-state index contributed by atoms with van der Waals surface area (Å²) in [4.78, 5) is 22.5. The molecule has 2 aromatic carbocycles. The van der Waals surface area contributed by atoms with Gasteiger partial charge >= 0.3 is 0 Å². The van der Waals surface area contributed by atoms with Crippen LogP contribution in [0, 0.1) is 0 Å². The quantitative estimate of drug-likeness (QED) is 0.484. The van der Waals surface area contributed by atoms with Gasteiger partial charge in [0.25, 0.3) is 0 Å². The zero-order valence-electron chi connectivity index (χ0n) is 21.0. The molecule has 0 spiro atoms. The SMILES string of the molecule is O=C(CCS(=O)(=O)c1ccc2cc(Cl)ccc2c1)N1CCC(N2CCc3nc4n(c3C2)CCCC4)CC1. The highest BCUT2D eigenvalue weighted by atomic mass is 35.5. The lowest BCUT2D eigenvalue weighted by atomic mass is 9.99. The fourth-order valence-electron chi connectivity index (χ4n) is 6.18. The minimum atomic E-state index is -3.55. The van der Waals surface area contributed by atoms with Gasteiger partial charge < -0.3 is 9.47 Å². The number of likely N-dealkylation sites (tertiary alicyclic amines) is 1. The Kier molecular flexibility index (Phi) is 6.75. The molecule has 0 radical (unpaired) electrons. The molecule has 4 heterocycles. The first-order chi connectivity index (χ1) is 17.9. The number of rotatable bonds is 5. The fourth-order valence-corrected chi connectivity index (χ4v) is 7.62. The summed E-state index contributed by atoms with van der Waals surface area (Å²) in [5, 5.41) is 2.33. The van der Waals surface area contributed by atoms with E-state index in [-0.39, 0.29) is 23.0 Å². The van der Waals surface area contributed by atoms with Crippen molar-refractivity contribution in [3.8, 4) is 0 Å². The Bertz CT molecular complexity index is 1440. The van der Waals surface area contributed by atoms with Gasteiger partial charge in [0.1, 0.15) is 5.82 Å². The number of aryl methyl sites for hydroxylation is 1. The van der Waals surface area contributed by atoms with E-state index in [1.165, 1.54) is 30.1 Å². The van der Waals surface area contributed by atoms with Crippen LogP contribution >= 0.6 is 11.6 Å². The maximum atomic E-state index is 13.0. The number of fused-ring (bicyclic) bond motifs is 4. The van der Waals surface area contributed by atoms with Crippen molar-refractivity contribution in [3.63, 3.8) is 0 Å². The first kappa shape index (κ1) is 24.9. The maximum Gasteiger partial charge on any atom is 0.223 e. The molecule has 0 aliphatic carbocycles. The molecule has 0 unspecified atom stereocenters. The average molecular weight is 541 g/mol. The van der Waals surface area contributed by atoms with Crippen molar-refractivity contribution in [3.05, 3.63) is 58.6 Å². The molecule has 6 rings (SSSR count). The van der Waals surface area contributed by atoms with Crippen molar-refractivity contribution in [2.75, 3.05) is 25.4 Å². The fraction of sp³-hybridized carbons (Fsp3) is 0.500. The number of aromatic nitrogens is 2. The number of imidazole rings is 1. The molecule has 0 bridgehead atoms. The van der Waals surface area contributed by atoms with Gasteiger partial charge in [0.2, 0.25) is 5.91 Å². The van der Waals surface area contributed by atoms with Gasteiger partial charge in [0.15, 0.2) is 9.84 Å². The number of amides is 1. The Labute approximate surface area is 223 Å². The highest BCUT2D eigenvalue weighted by molar-refractivity contribution is 7.91. The molecule has 1 saturated heterocycles. The van der Waals surface area contributed by atoms with Gasteiger partial charge in [-0.2, -0.15) is 0 Å². The summed E-state index contributed by atoms with van der Waals surface area (Å²) >= 11 is 6.03. The molecule has 37 heavy (non-hydrogen) atoms. The summed E-state index contributed by atoms with van der Waals surface area (Å²) < 4.78 is 28.4. The number of sulfone groups is 1. The largest absolute Gasteiger partial charge is 0.343 e. The van der Waals surface area contributed by atoms with Crippen molar-refractivity contribution in [2.45, 2.75) is 69.0 Å². The number of hydrogen-bond acceptors (Lipinski definition) is 5. The topological polar surface area (TPSA) is 75.5 Å². The van der Waals surface area contributed by atoms with Gasteiger partial charge in [-0.3, -0.25) is 9.69 Å². The zero-order chi connectivity index (χ0) is 25.6. The van der Waals surface area contributed by atoms with E-state index in [1.807, 2.05) is 17.0 Å². The smallest absolute Gasteiger partial charge is 0.223 e. The molecule has 1 aromatic heterocycles. The Morgan fingerprint density at radius 2 is 1.76 bits per heavy atom. The van der Waals surface area contributed by atoms with E-state index in [1.54, 1.807) is 24.3 Å². The highest BCUT2D eigenvalue weighted by Gasteiger charge is 2.32. The van der Waals surface area contributed by atoms with E-state index in [0.29, 0.717) is 24.2 Å². The summed E-state index contributed by atoms with van der Waals surface area (Å²) in [7, 11) is -3.55. The number of benzene rings is 2. The minimum absolute atomic E-state index is 0.0146. The Hall–Kier alpha value is -2.42. The number of halogens is 1. The summed E-state index contributed by atoms with van der Waals surface area (Å²) in [6.07, 6.45) is 6.46. The van der Waals surface area contributed by atoms with Crippen LogP contribution in [0.25, 0.3) is 10.8 Å². The molecule has 3 aliphatic rings. The summed E-state index contributed by atoms with van der Waals surface area (Å²) in [5.41, 5.74) is 2.69. The van der Waals surface area contributed by atoms with Crippen LogP contribution in [0.1, 0.15) is 49.3 Å². The zero-order valence-corrected chi connectivity index (χ0v) is 22.6. The third kappa shape index (κ3) is 5.03. The van der Waals surface area contributed by atoms with Crippen molar-refractivity contribution in [2.24, 2.45) is 0 Å². The molecular weight excluding hydrogens is 508 g/mol. The second-order valence-corrected chi connectivity index (χ2v) is 13.1. The first-order valence-corrected chi connectivity index (χ1v) is 15.4. The van der Waals surface area contributed by atoms with Gasteiger partial charge in [0, 0.05) is 63.1 Å². The predicted octanol–water partition coefficient (Wildman–Crippen LogP) is 4.24. The molecule has 1 amide bonds. The predicted molar refractivity (Wildman–Crippen MR) is 145 cm³/mol. The van der Waals surface area contributed by atoms with Crippen LogP contribution in [0.5, 0.6) is 0 Å². The van der Waals surface area contributed by atoms with Crippen LogP contribution in [0.15, 0.2) is 41.3 Å². The third-order valence-electron chi connectivity index (χ3n) is 8.31. The average Bonchev–Trinajstić information content (AvgIpc) is 3.29. The second-order valence-electron chi connectivity index (χ2n) is 10.6. The number of carbonyl (C=O) groups excluding carboxylic acids is 1. The summed E-state index contributed by atoms with van der Waals surface area (Å²) in [5.74, 6) is 1.02. The first-order valence-electron chi connectivity index (χ1n) is 13.4. The normalized spacial score (nSPS) is 19.1. The number of hydrogen-bond donors (Lipinski definition) is 0. The van der Waals surface area contributed by atoms with E-state index >= 15 is 0 Å². The summed E-state index contributed by atoms with van der Waals surface area (Å²) in [6, 6.07) is 10.9. The molecule has 1 fully saturated rings. The minimum Gasteiger partial charge on any atom is -0.343 e. The van der Waals surface area contributed by atoms with Crippen molar-refractivity contribution in [1.82, 2.24) is 19.4 Å². The van der Waals surface area contributed by atoms with E-state index in [0.717, 1.165) is 56.1 Å². The van der Waals surface area contributed by atoms with E-state index in [9.17, 15) is 13.2 Å². The van der Waals surface area contributed by atoms with Gasteiger partial charge in [-0.25, -0.2) is 13.4 Å². The van der Waals surface area contributed by atoms with E-state index in [4.69, 9.17) is 16.6 Å². The lowest BCUT2D eigenvalue weighted by molar-refractivity contribution is -0.132. The number of carbonyl (C=O) groups is 1. The summed E-state index contributed by atoms with van der Waals surface area (Å²) in [6.45, 7) is 4.45. The van der Waals surface area contributed by atoms with Gasteiger partial charge in [-0.1, -0.05) is 23.7 Å². The van der Waals surface area contributed by atoms with Crippen molar-refractivity contribution < 1.29 is 13.2 Å². The Balaban J connectivity index is 1.03. The standard InChI is InChI=1S/C28H33ClN4O3S/c29-22-6-4-21-18-24(7-5-20(21)17-22)37(35,36)16-11-28(34)31-13-8-23(9-14-31)32-15-10-25-26(19-32)33-12-2-1-3-27(33)30-25/h4-7,17-18,23H,1-3,8-16,19H2. The van der Waals surface area contributed by atoms with Crippen LogP contribution in [-0.2, 0) is 40.6 Å². The Morgan fingerprint density at radius 1 is 0.973 bits per heavy atom. The molecule has 9 heteroatoms.